The van der Waals surface area contributed by atoms with Crippen molar-refractivity contribution in [2.24, 2.45) is 0 Å². The van der Waals surface area contributed by atoms with Crippen LogP contribution in [0.15, 0.2) is 34.7 Å². The lowest BCUT2D eigenvalue weighted by atomic mass is 9.98. The van der Waals surface area contributed by atoms with E-state index in [1.807, 2.05) is 0 Å². The summed E-state index contributed by atoms with van der Waals surface area (Å²) in [7, 11) is 0. The van der Waals surface area contributed by atoms with E-state index in [9.17, 15) is 66.4 Å². The van der Waals surface area contributed by atoms with Crippen molar-refractivity contribution in [1.82, 2.24) is 0 Å². The first-order valence-corrected chi connectivity index (χ1v) is 16.4. The van der Waals surface area contributed by atoms with E-state index < -0.39 is 122 Å². The maximum absolute atomic E-state index is 10.9. The molecule has 6 rings (SSSR count). The normalized spacial score (nSPS) is 37.8. The molecule has 0 spiro atoms. The molecule has 3 aromatic rings. The molecule has 15 unspecified atom stereocenters. The van der Waals surface area contributed by atoms with E-state index >= 15 is 0 Å². The van der Waals surface area contributed by atoms with Crippen LogP contribution in [-0.2, 0) is 18.9 Å². The number of aliphatic hydroxyl groups is 9. The molecule has 4 heterocycles. The highest BCUT2D eigenvalue weighted by molar-refractivity contribution is 5.89. The number of phenolic OH excluding ortho intramolecular Hbond substituents is 4. The van der Waals surface area contributed by atoms with Gasteiger partial charge in [-0.25, -0.2) is 4.42 Å². The van der Waals surface area contributed by atoms with Crippen molar-refractivity contribution in [2.75, 3.05) is 6.61 Å². The van der Waals surface area contributed by atoms with Crippen LogP contribution in [0, 0.1) is 0 Å². The summed E-state index contributed by atoms with van der Waals surface area (Å²) in [5.74, 6) is -3.80. The first kappa shape index (κ1) is 38.8. The van der Waals surface area contributed by atoms with Crippen LogP contribution in [0.5, 0.6) is 34.5 Å². The third-order valence-electron chi connectivity index (χ3n) is 9.33. The van der Waals surface area contributed by atoms with Gasteiger partial charge in [0.25, 0.3) is 0 Å². The number of phenols is 4. The van der Waals surface area contributed by atoms with Crippen molar-refractivity contribution in [3.63, 3.8) is 0 Å². The minimum Gasteiger partial charge on any atom is -0.507 e. The molecule has 0 saturated carbocycles. The second-order valence-electron chi connectivity index (χ2n) is 13.1. The fraction of sp³-hybridized carbons (Fsp3) is 0.545. The van der Waals surface area contributed by atoms with Crippen LogP contribution in [0.4, 0.5) is 0 Å². The zero-order chi connectivity index (χ0) is 38.6. The Morgan fingerprint density at radius 3 is 1.68 bits per heavy atom. The third kappa shape index (κ3) is 7.47. The van der Waals surface area contributed by atoms with Crippen molar-refractivity contribution < 1.29 is 99.2 Å². The lowest BCUT2D eigenvalue weighted by molar-refractivity contribution is -0.318. The highest BCUT2D eigenvalue weighted by Gasteiger charge is 2.48. The number of aliphatic hydroxyl groups excluding tert-OH is 9. The minimum absolute atomic E-state index is 0.0121. The molecule has 3 saturated heterocycles. The van der Waals surface area contributed by atoms with Gasteiger partial charge in [0.05, 0.1) is 30.4 Å². The van der Waals surface area contributed by atoms with Crippen molar-refractivity contribution in [3.05, 3.63) is 30.3 Å². The van der Waals surface area contributed by atoms with E-state index in [1.165, 1.54) is 19.9 Å². The molecule has 15 atom stereocenters. The smallest absolute Gasteiger partial charge is 0.402 e. The predicted octanol–water partition coefficient (Wildman–Crippen LogP) is -2.56. The Morgan fingerprint density at radius 2 is 1.08 bits per heavy atom. The van der Waals surface area contributed by atoms with Gasteiger partial charge in [-0.15, -0.1) is 0 Å². The Morgan fingerprint density at radius 1 is 0.566 bits per heavy atom. The molecule has 0 aliphatic carbocycles. The predicted molar refractivity (Wildman–Crippen MR) is 171 cm³/mol. The molecule has 3 aliphatic heterocycles. The molecule has 1 aromatic heterocycles. The molecule has 2 aromatic carbocycles. The van der Waals surface area contributed by atoms with Gasteiger partial charge in [0.15, 0.2) is 23.5 Å². The number of aromatic hydroxyl groups is 4. The van der Waals surface area contributed by atoms with Crippen molar-refractivity contribution in [2.45, 2.75) is 106 Å². The second kappa shape index (κ2) is 15.1. The molecule has 13 N–H and O–H groups in total. The lowest BCUT2D eigenvalue weighted by Gasteiger charge is -2.42. The molecule has 20 heteroatoms. The van der Waals surface area contributed by atoms with Crippen LogP contribution in [-0.4, -0.2) is 165 Å². The number of ether oxygens (including phenoxy) is 6. The van der Waals surface area contributed by atoms with Gasteiger partial charge in [-0.1, -0.05) is 0 Å². The summed E-state index contributed by atoms with van der Waals surface area (Å²) in [6.07, 6.45) is -23.7. The SMILES string of the molecule is CC1OC(OCC2OC(Oc3cc4c(OC5OC(C)C(O)C(O)C5O)cc(O)cc4[o+]c3-c3cc(O)c(O)c(O)c3)C(O)C(O)C2O)C(O)C(O)C1O. The summed E-state index contributed by atoms with van der Waals surface area (Å²) in [4.78, 5) is 0. The van der Waals surface area contributed by atoms with Gasteiger partial charge in [0.2, 0.25) is 18.3 Å². The monoisotopic (exact) mass is 757 g/mol. The molecule has 0 bridgehead atoms. The topological polar surface area (TPSA) is 330 Å². The second-order valence-corrected chi connectivity index (χ2v) is 13.1. The summed E-state index contributed by atoms with van der Waals surface area (Å²) in [5, 5.41) is 135. The van der Waals surface area contributed by atoms with Gasteiger partial charge in [-0.05, 0) is 13.8 Å². The number of benzene rings is 2. The Bertz CT molecular complexity index is 1750. The molecule has 53 heavy (non-hydrogen) atoms. The number of rotatable bonds is 8. The van der Waals surface area contributed by atoms with Crippen LogP contribution in [0.3, 0.4) is 0 Å². The summed E-state index contributed by atoms with van der Waals surface area (Å²) >= 11 is 0. The maximum Gasteiger partial charge on any atom is 0.402 e. The third-order valence-corrected chi connectivity index (χ3v) is 9.33. The van der Waals surface area contributed by atoms with Crippen molar-refractivity contribution >= 4 is 11.0 Å². The van der Waals surface area contributed by atoms with E-state index in [-0.39, 0.29) is 33.8 Å². The van der Waals surface area contributed by atoms with Gasteiger partial charge < -0.3 is 94.8 Å². The summed E-state index contributed by atoms with van der Waals surface area (Å²) < 4.78 is 40.0. The van der Waals surface area contributed by atoms with Crippen LogP contribution in [0.25, 0.3) is 22.3 Å². The zero-order valence-corrected chi connectivity index (χ0v) is 27.9. The van der Waals surface area contributed by atoms with E-state index in [2.05, 4.69) is 0 Å². The fourth-order valence-electron chi connectivity index (χ4n) is 6.15. The average molecular weight is 758 g/mol. The number of fused-ring (bicyclic) bond motifs is 1. The first-order valence-electron chi connectivity index (χ1n) is 16.4. The summed E-state index contributed by atoms with van der Waals surface area (Å²) in [6.45, 7) is 2.23. The molecule has 0 amide bonds. The van der Waals surface area contributed by atoms with Crippen LogP contribution in [0.1, 0.15) is 13.8 Å². The molecule has 0 radical (unpaired) electrons. The molecular formula is C33H41O20+. The largest absolute Gasteiger partial charge is 0.507 e. The van der Waals surface area contributed by atoms with Gasteiger partial charge >= 0.3 is 11.3 Å². The molecule has 20 nitrogen and oxygen atoms in total. The van der Waals surface area contributed by atoms with Crippen LogP contribution < -0.4 is 9.47 Å². The van der Waals surface area contributed by atoms with Gasteiger partial charge in [-0.3, -0.25) is 0 Å². The number of hydrogen-bond donors (Lipinski definition) is 13. The number of hydrogen-bond acceptors (Lipinski definition) is 19. The zero-order valence-electron chi connectivity index (χ0n) is 27.9. The van der Waals surface area contributed by atoms with Gasteiger partial charge in [0, 0.05) is 24.3 Å². The van der Waals surface area contributed by atoms with Gasteiger partial charge in [-0.2, -0.15) is 0 Å². The quantitative estimate of drug-likeness (QED) is 0.0830. The molecule has 3 fully saturated rings. The maximum atomic E-state index is 10.9. The highest BCUT2D eigenvalue weighted by Crippen LogP contribution is 2.45. The van der Waals surface area contributed by atoms with Crippen molar-refractivity contribution in [1.29, 1.82) is 0 Å². The van der Waals surface area contributed by atoms with E-state index in [0.29, 0.717) is 0 Å². The Labute approximate surface area is 299 Å². The van der Waals surface area contributed by atoms with Crippen LogP contribution >= 0.6 is 0 Å². The van der Waals surface area contributed by atoms with Crippen LogP contribution in [0.2, 0.25) is 0 Å². The Kier molecular flexibility index (Phi) is 11.1. The first-order chi connectivity index (χ1) is 25.0. The van der Waals surface area contributed by atoms with Crippen molar-refractivity contribution in [3.8, 4) is 45.8 Å². The lowest BCUT2D eigenvalue weighted by Crippen LogP contribution is -2.61. The minimum atomic E-state index is -1.96. The average Bonchev–Trinajstić information content (AvgIpc) is 3.12. The van der Waals surface area contributed by atoms with Gasteiger partial charge in [0.1, 0.15) is 77.9 Å². The summed E-state index contributed by atoms with van der Waals surface area (Å²) in [6, 6.07) is 5.39. The van der Waals surface area contributed by atoms with E-state index in [0.717, 1.165) is 24.3 Å². The fourth-order valence-corrected chi connectivity index (χ4v) is 6.15. The Balaban J connectivity index is 1.36. The van der Waals surface area contributed by atoms with E-state index in [1.54, 1.807) is 0 Å². The molecule has 3 aliphatic rings. The van der Waals surface area contributed by atoms with E-state index in [4.69, 9.17) is 32.8 Å². The summed E-state index contributed by atoms with van der Waals surface area (Å²) in [5.41, 5.74) is -0.283. The standard InChI is InChI=1S/C33H40O20/c1-9-20(37)24(41)27(44)31(48-9)47-8-19-23(40)26(43)29(46)33(53-19)52-18-7-13-16(50-30(18)11-3-14(35)22(39)15(36)4-11)5-12(34)6-17(13)51-32-28(45)25(42)21(38)10(2)49-32/h3-7,9-10,19-21,23-29,31-33,37-38,40-46H,8H2,1-2H3,(H3-,34,35,36,39)/p+1. The molecule has 292 valence electrons. The Hall–Kier alpha value is -3.87. The molecular weight excluding hydrogens is 716 g/mol. The highest BCUT2D eigenvalue weighted by atomic mass is 16.7.